The highest BCUT2D eigenvalue weighted by atomic mass is 16.5. The lowest BCUT2D eigenvalue weighted by atomic mass is 10.1. The Bertz CT molecular complexity index is 895. The lowest BCUT2D eigenvalue weighted by Crippen LogP contribution is -1.98. The average molecular weight is 352 g/mol. The number of benzene rings is 2. The Balaban J connectivity index is 1.85. The predicted octanol–water partition coefficient (Wildman–Crippen LogP) is 4.27. The molecule has 0 aromatic heterocycles. The molecule has 0 unspecified atom stereocenters. The summed E-state index contributed by atoms with van der Waals surface area (Å²) in [6.45, 7) is 6.11. The van der Waals surface area contributed by atoms with E-state index < -0.39 is 0 Å². The molecule has 1 heterocycles. The Morgan fingerprint density at radius 1 is 1.12 bits per heavy atom. The Morgan fingerprint density at radius 3 is 2.58 bits per heavy atom. The third kappa shape index (κ3) is 3.57. The highest BCUT2D eigenvalue weighted by molar-refractivity contribution is 6.14. The summed E-state index contributed by atoms with van der Waals surface area (Å²) in [6, 6.07) is 10.6. The van der Waals surface area contributed by atoms with Crippen LogP contribution >= 0.6 is 0 Å². The number of Topliss-reactive ketones (excluding diaryl/α,β-unsaturated/α-hetero) is 1. The number of allylic oxidation sites excluding steroid dienone is 1. The summed E-state index contributed by atoms with van der Waals surface area (Å²) in [5, 5.41) is 0. The van der Waals surface area contributed by atoms with Crippen LogP contribution in [0.3, 0.4) is 0 Å². The largest absolute Gasteiger partial charge is 0.493 e. The van der Waals surface area contributed by atoms with Crippen LogP contribution in [0, 0.1) is 0 Å². The predicted molar refractivity (Wildman–Crippen MR) is 99.2 cm³/mol. The van der Waals surface area contributed by atoms with E-state index in [1.165, 1.54) is 0 Å². The zero-order valence-corrected chi connectivity index (χ0v) is 15.0. The van der Waals surface area contributed by atoms with Crippen LogP contribution in [-0.2, 0) is 0 Å². The van der Waals surface area contributed by atoms with E-state index in [2.05, 4.69) is 6.58 Å². The molecule has 134 valence electrons. The molecule has 1 aliphatic rings. The maximum Gasteiger partial charge on any atom is 0.231 e. The molecule has 2 aromatic carbocycles. The fraction of sp³-hybridized carbons (Fsp3) is 0.190. The molecule has 0 saturated carbocycles. The molecular formula is C21H20O5. The van der Waals surface area contributed by atoms with Crippen LogP contribution in [0.1, 0.15) is 22.8 Å². The van der Waals surface area contributed by atoms with E-state index in [0.717, 1.165) is 11.1 Å². The first-order chi connectivity index (χ1) is 12.5. The molecule has 0 atom stereocenters. The van der Waals surface area contributed by atoms with E-state index in [1.807, 2.05) is 13.0 Å². The van der Waals surface area contributed by atoms with E-state index in [4.69, 9.17) is 18.9 Å². The van der Waals surface area contributed by atoms with Crippen molar-refractivity contribution in [3.63, 3.8) is 0 Å². The third-order valence-electron chi connectivity index (χ3n) is 3.83. The zero-order chi connectivity index (χ0) is 18.7. The van der Waals surface area contributed by atoms with Crippen molar-refractivity contribution in [1.29, 1.82) is 0 Å². The van der Waals surface area contributed by atoms with Crippen molar-refractivity contribution in [3.05, 3.63) is 65.4 Å². The SMILES string of the molecule is C=C(C)COc1ccc2c(c1)O/C(=C\c1ccc(OC)c(OC)c1)C2=O. The number of hydrogen-bond acceptors (Lipinski definition) is 5. The van der Waals surface area contributed by atoms with Gasteiger partial charge in [-0.1, -0.05) is 12.6 Å². The smallest absolute Gasteiger partial charge is 0.231 e. The van der Waals surface area contributed by atoms with E-state index >= 15 is 0 Å². The number of carbonyl (C=O) groups excluding carboxylic acids is 1. The lowest BCUT2D eigenvalue weighted by molar-refractivity contribution is 0.101. The van der Waals surface area contributed by atoms with Crippen LogP contribution < -0.4 is 18.9 Å². The van der Waals surface area contributed by atoms with Crippen LogP contribution in [0.4, 0.5) is 0 Å². The van der Waals surface area contributed by atoms with Gasteiger partial charge in [0.25, 0.3) is 0 Å². The van der Waals surface area contributed by atoms with Crippen molar-refractivity contribution in [3.8, 4) is 23.0 Å². The van der Waals surface area contributed by atoms with Crippen molar-refractivity contribution in [2.24, 2.45) is 0 Å². The van der Waals surface area contributed by atoms with Crippen LogP contribution in [0.15, 0.2) is 54.3 Å². The Labute approximate surface area is 152 Å². The molecule has 5 heteroatoms. The van der Waals surface area contributed by atoms with E-state index in [-0.39, 0.29) is 11.5 Å². The second-order valence-corrected chi connectivity index (χ2v) is 5.96. The monoisotopic (exact) mass is 352 g/mol. The van der Waals surface area contributed by atoms with Gasteiger partial charge >= 0.3 is 0 Å². The molecule has 5 nitrogen and oxygen atoms in total. The van der Waals surface area contributed by atoms with Gasteiger partial charge in [0.05, 0.1) is 19.8 Å². The quantitative estimate of drug-likeness (QED) is 0.574. The maximum absolute atomic E-state index is 12.6. The Morgan fingerprint density at radius 2 is 1.88 bits per heavy atom. The molecule has 0 N–H and O–H groups in total. The summed E-state index contributed by atoms with van der Waals surface area (Å²) in [7, 11) is 3.14. The summed E-state index contributed by atoms with van der Waals surface area (Å²) in [4.78, 5) is 12.6. The third-order valence-corrected chi connectivity index (χ3v) is 3.83. The molecule has 2 aromatic rings. The van der Waals surface area contributed by atoms with Gasteiger partial charge < -0.3 is 18.9 Å². The van der Waals surface area contributed by atoms with E-state index in [1.54, 1.807) is 50.6 Å². The summed E-state index contributed by atoms with van der Waals surface area (Å²) >= 11 is 0. The Hall–Kier alpha value is -3.21. The van der Waals surface area contributed by atoms with Crippen LogP contribution in [0.25, 0.3) is 6.08 Å². The van der Waals surface area contributed by atoms with Crippen molar-refractivity contribution in [2.75, 3.05) is 20.8 Å². The van der Waals surface area contributed by atoms with Crippen LogP contribution in [0.5, 0.6) is 23.0 Å². The first-order valence-corrected chi connectivity index (χ1v) is 8.09. The van der Waals surface area contributed by atoms with Gasteiger partial charge in [0.15, 0.2) is 17.3 Å². The highest BCUT2D eigenvalue weighted by Crippen LogP contribution is 2.36. The summed E-state index contributed by atoms with van der Waals surface area (Å²) in [5.74, 6) is 2.41. The average Bonchev–Trinajstić information content (AvgIpc) is 2.95. The molecule has 26 heavy (non-hydrogen) atoms. The normalized spacial score (nSPS) is 14.0. The fourth-order valence-electron chi connectivity index (χ4n) is 2.56. The zero-order valence-electron chi connectivity index (χ0n) is 15.0. The summed E-state index contributed by atoms with van der Waals surface area (Å²) in [5.41, 5.74) is 2.20. The van der Waals surface area contributed by atoms with Crippen LogP contribution in [0.2, 0.25) is 0 Å². The highest BCUT2D eigenvalue weighted by Gasteiger charge is 2.27. The molecule has 0 saturated heterocycles. The summed E-state index contributed by atoms with van der Waals surface area (Å²) in [6.07, 6.45) is 1.68. The number of methoxy groups -OCH3 is 2. The molecule has 1 aliphatic heterocycles. The van der Waals surface area contributed by atoms with Crippen LogP contribution in [-0.4, -0.2) is 26.6 Å². The standard InChI is InChI=1S/C21H20O5/c1-13(2)12-25-15-6-7-16-18(11-15)26-20(21(16)22)10-14-5-8-17(23-3)19(9-14)24-4/h5-11H,1,12H2,2-4H3/b20-10-. The topological polar surface area (TPSA) is 54.0 Å². The molecule has 0 radical (unpaired) electrons. The van der Waals surface area contributed by atoms with Gasteiger partial charge in [-0.2, -0.15) is 0 Å². The molecular weight excluding hydrogens is 332 g/mol. The fourth-order valence-corrected chi connectivity index (χ4v) is 2.56. The Kier molecular flexibility index (Phi) is 4.98. The number of rotatable bonds is 6. The van der Waals surface area contributed by atoms with Gasteiger partial charge in [0.2, 0.25) is 5.78 Å². The number of ketones is 1. The molecule has 0 fully saturated rings. The molecule has 3 rings (SSSR count). The van der Waals surface area contributed by atoms with E-state index in [9.17, 15) is 4.79 Å². The van der Waals surface area contributed by atoms with Crippen molar-refractivity contribution in [1.82, 2.24) is 0 Å². The minimum atomic E-state index is -0.166. The molecule has 0 aliphatic carbocycles. The molecule has 0 spiro atoms. The van der Waals surface area contributed by atoms with E-state index in [0.29, 0.717) is 35.2 Å². The number of carbonyl (C=O) groups is 1. The first-order valence-electron chi connectivity index (χ1n) is 8.09. The van der Waals surface area contributed by atoms with Crippen molar-refractivity contribution in [2.45, 2.75) is 6.92 Å². The van der Waals surface area contributed by atoms with Crippen molar-refractivity contribution < 1.29 is 23.7 Å². The van der Waals surface area contributed by atoms with Gasteiger partial charge in [0.1, 0.15) is 18.1 Å². The van der Waals surface area contributed by atoms with Gasteiger partial charge in [-0.05, 0) is 48.4 Å². The van der Waals surface area contributed by atoms with Gasteiger partial charge in [0, 0.05) is 6.07 Å². The molecule has 0 amide bonds. The first kappa shape index (κ1) is 17.6. The number of ether oxygens (including phenoxy) is 4. The van der Waals surface area contributed by atoms with Gasteiger partial charge in [-0.25, -0.2) is 0 Å². The maximum atomic E-state index is 12.6. The van der Waals surface area contributed by atoms with Crippen molar-refractivity contribution >= 4 is 11.9 Å². The minimum absolute atomic E-state index is 0.166. The number of hydrogen-bond donors (Lipinski definition) is 0. The minimum Gasteiger partial charge on any atom is -0.493 e. The molecule has 0 bridgehead atoms. The number of fused-ring (bicyclic) bond motifs is 1. The van der Waals surface area contributed by atoms with Gasteiger partial charge in [-0.3, -0.25) is 4.79 Å². The lowest BCUT2D eigenvalue weighted by Gasteiger charge is -2.08. The van der Waals surface area contributed by atoms with Gasteiger partial charge in [-0.15, -0.1) is 0 Å². The second-order valence-electron chi connectivity index (χ2n) is 5.96. The second kappa shape index (κ2) is 7.35. The summed E-state index contributed by atoms with van der Waals surface area (Å²) < 4.78 is 21.8.